The van der Waals surface area contributed by atoms with Crippen molar-refractivity contribution in [3.05, 3.63) is 57.1 Å². The molecule has 1 aromatic carbocycles. The van der Waals surface area contributed by atoms with Crippen molar-refractivity contribution < 1.29 is 19.1 Å². The molecular formula is C23H27BrN4O4. The summed E-state index contributed by atoms with van der Waals surface area (Å²) < 4.78 is 5.66. The summed E-state index contributed by atoms with van der Waals surface area (Å²) in [4.78, 5) is 51.1. The molecule has 3 rings (SSSR count). The van der Waals surface area contributed by atoms with Gasteiger partial charge in [0, 0.05) is 30.1 Å². The summed E-state index contributed by atoms with van der Waals surface area (Å²) >= 11 is 3.43. The van der Waals surface area contributed by atoms with Crippen molar-refractivity contribution in [1.82, 2.24) is 19.8 Å². The molecule has 1 fully saturated rings. The molecule has 1 saturated heterocycles. The largest absolute Gasteiger partial charge is 0.465 e. The number of aromatic nitrogens is 2. The van der Waals surface area contributed by atoms with E-state index in [2.05, 4.69) is 25.9 Å². The fourth-order valence-corrected chi connectivity index (χ4v) is 4.31. The number of aryl methyl sites for hydroxylation is 1. The minimum absolute atomic E-state index is 0.0471. The summed E-state index contributed by atoms with van der Waals surface area (Å²) in [7, 11) is 1.27. The highest BCUT2D eigenvalue weighted by molar-refractivity contribution is 9.10. The van der Waals surface area contributed by atoms with Gasteiger partial charge in [-0.1, -0.05) is 26.0 Å². The first-order valence-corrected chi connectivity index (χ1v) is 11.3. The molecule has 1 atom stereocenters. The van der Waals surface area contributed by atoms with Crippen LogP contribution >= 0.6 is 15.9 Å². The average Bonchev–Trinajstić information content (AvgIpc) is 2.77. The number of carbonyl (C=O) groups is 3. The number of hydrogen-bond acceptors (Lipinski definition) is 6. The lowest BCUT2D eigenvalue weighted by Crippen LogP contribution is -2.55. The molecule has 1 aromatic heterocycles. The van der Waals surface area contributed by atoms with Gasteiger partial charge in [0.15, 0.2) is 0 Å². The Bertz CT molecular complexity index is 1060. The number of esters is 1. The van der Waals surface area contributed by atoms with E-state index in [-0.39, 0.29) is 35.0 Å². The van der Waals surface area contributed by atoms with Gasteiger partial charge in [0.25, 0.3) is 11.8 Å². The summed E-state index contributed by atoms with van der Waals surface area (Å²) in [6.45, 7) is 8.44. The Labute approximate surface area is 196 Å². The van der Waals surface area contributed by atoms with Crippen LogP contribution in [0.4, 0.5) is 0 Å². The first kappa shape index (κ1) is 23.8. The van der Waals surface area contributed by atoms with E-state index in [1.54, 1.807) is 22.8 Å². The van der Waals surface area contributed by atoms with Crippen LogP contribution in [0.15, 0.2) is 28.7 Å². The molecule has 9 heteroatoms. The van der Waals surface area contributed by atoms with E-state index in [9.17, 15) is 14.4 Å². The van der Waals surface area contributed by atoms with Crippen molar-refractivity contribution in [2.75, 3.05) is 26.7 Å². The molecule has 0 saturated carbocycles. The Hall–Kier alpha value is -2.81. The van der Waals surface area contributed by atoms with E-state index in [4.69, 9.17) is 4.74 Å². The van der Waals surface area contributed by atoms with Crippen molar-refractivity contribution in [2.24, 2.45) is 0 Å². The van der Waals surface area contributed by atoms with E-state index in [0.717, 1.165) is 4.47 Å². The normalized spacial score (nSPS) is 16.3. The van der Waals surface area contributed by atoms with Crippen LogP contribution in [0.3, 0.4) is 0 Å². The van der Waals surface area contributed by atoms with Crippen LogP contribution in [-0.2, 0) is 4.74 Å². The smallest absolute Gasteiger partial charge is 0.342 e. The van der Waals surface area contributed by atoms with Crippen molar-refractivity contribution >= 4 is 33.7 Å². The lowest BCUT2D eigenvalue weighted by molar-refractivity contribution is 0.0407. The second kappa shape index (κ2) is 9.77. The second-order valence-electron chi connectivity index (χ2n) is 8.10. The first-order chi connectivity index (χ1) is 15.1. The van der Waals surface area contributed by atoms with Crippen molar-refractivity contribution in [3.63, 3.8) is 0 Å². The van der Waals surface area contributed by atoms with Gasteiger partial charge in [-0.05, 0) is 47.8 Å². The predicted octanol–water partition coefficient (Wildman–Crippen LogP) is 3.44. The summed E-state index contributed by atoms with van der Waals surface area (Å²) in [6, 6.07) is 7.07. The van der Waals surface area contributed by atoms with Gasteiger partial charge < -0.3 is 14.5 Å². The summed E-state index contributed by atoms with van der Waals surface area (Å²) in [6.07, 6.45) is 0. The van der Waals surface area contributed by atoms with Gasteiger partial charge in [-0.15, -0.1) is 0 Å². The van der Waals surface area contributed by atoms with E-state index in [1.165, 1.54) is 7.11 Å². The van der Waals surface area contributed by atoms with Gasteiger partial charge in [-0.2, -0.15) is 0 Å². The molecular weight excluding hydrogens is 476 g/mol. The third-order valence-corrected chi connectivity index (χ3v) is 6.16. The first-order valence-electron chi connectivity index (χ1n) is 10.5. The quantitative estimate of drug-likeness (QED) is 0.594. The maximum absolute atomic E-state index is 13.4. The van der Waals surface area contributed by atoms with Gasteiger partial charge in [-0.3, -0.25) is 9.59 Å². The summed E-state index contributed by atoms with van der Waals surface area (Å²) in [5.74, 6) is -0.756. The molecule has 2 amide bonds. The van der Waals surface area contributed by atoms with Crippen LogP contribution in [0.1, 0.15) is 69.4 Å². The molecule has 0 aliphatic carbocycles. The molecule has 1 unspecified atom stereocenters. The minimum Gasteiger partial charge on any atom is -0.465 e. The number of rotatable bonds is 4. The molecule has 2 heterocycles. The van der Waals surface area contributed by atoms with Gasteiger partial charge in [-0.25, -0.2) is 14.8 Å². The number of benzene rings is 1. The van der Waals surface area contributed by atoms with Crippen molar-refractivity contribution in [2.45, 2.75) is 39.7 Å². The fraction of sp³-hybridized carbons (Fsp3) is 0.435. The van der Waals surface area contributed by atoms with Crippen molar-refractivity contribution in [3.8, 4) is 0 Å². The number of ether oxygens (including phenoxy) is 1. The SMILES string of the molecule is COC(=O)c1c(C(=O)N2CCN(C(=O)c3ccccc3Br)C(C)C2)nc(C)nc1C(C)C. The number of nitrogens with zero attached hydrogens (tertiary/aromatic N) is 4. The highest BCUT2D eigenvalue weighted by atomic mass is 79.9. The number of hydrogen-bond donors (Lipinski definition) is 0. The predicted molar refractivity (Wildman–Crippen MR) is 123 cm³/mol. The van der Waals surface area contributed by atoms with Gasteiger partial charge in [0.1, 0.15) is 17.1 Å². The van der Waals surface area contributed by atoms with Crippen LogP contribution in [0, 0.1) is 6.92 Å². The zero-order chi connectivity index (χ0) is 23.6. The van der Waals surface area contributed by atoms with Crippen LogP contribution < -0.4 is 0 Å². The van der Waals surface area contributed by atoms with Crippen LogP contribution in [0.25, 0.3) is 0 Å². The number of amides is 2. The molecule has 1 aliphatic rings. The highest BCUT2D eigenvalue weighted by Gasteiger charge is 2.35. The Morgan fingerprint density at radius 3 is 2.41 bits per heavy atom. The highest BCUT2D eigenvalue weighted by Crippen LogP contribution is 2.25. The number of halogens is 1. The molecule has 32 heavy (non-hydrogen) atoms. The molecule has 0 radical (unpaired) electrons. The molecule has 0 N–H and O–H groups in total. The number of carbonyl (C=O) groups excluding carboxylic acids is 3. The summed E-state index contributed by atoms with van der Waals surface area (Å²) in [5, 5.41) is 0. The zero-order valence-electron chi connectivity index (χ0n) is 18.9. The van der Waals surface area contributed by atoms with Gasteiger partial charge in [0.2, 0.25) is 0 Å². The molecule has 2 aromatic rings. The van der Waals surface area contributed by atoms with E-state index in [1.807, 2.05) is 39.0 Å². The van der Waals surface area contributed by atoms with E-state index >= 15 is 0 Å². The molecule has 8 nitrogen and oxygen atoms in total. The molecule has 170 valence electrons. The standard InChI is InChI=1S/C23H27BrN4O4/c1-13(2)19-18(23(31)32-5)20(26-15(4)25-19)22(30)27-10-11-28(14(3)12-27)21(29)16-8-6-7-9-17(16)24/h6-9,13-14H,10-12H2,1-5H3. The lowest BCUT2D eigenvalue weighted by Gasteiger charge is -2.40. The van der Waals surface area contributed by atoms with Crippen molar-refractivity contribution in [1.29, 1.82) is 0 Å². The Balaban J connectivity index is 1.87. The third-order valence-electron chi connectivity index (χ3n) is 5.47. The third kappa shape index (κ3) is 4.67. The monoisotopic (exact) mass is 502 g/mol. The number of piperazine rings is 1. The zero-order valence-corrected chi connectivity index (χ0v) is 20.5. The second-order valence-corrected chi connectivity index (χ2v) is 8.96. The average molecular weight is 503 g/mol. The van der Waals surface area contributed by atoms with Crippen LogP contribution in [0.2, 0.25) is 0 Å². The summed E-state index contributed by atoms with van der Waals surface area (Å²) in [5.41, 5.74) is 1.23. The van der Waals surface area contributed by atoms with Crippen LogP contribution in [0.5, 0.6) is 0 Å². The van der Waals surface area contributed by atoms with Gasteiger partial charge in [0.05, 0.1) is 18.4 Å². The maximum atomic E-state index is 13.4. The topological polar surface area (TPSA) is 92.7 Å². The Morgan fingerprint density at radius 1 is 1.12 bits per heavy atom. The Kier molecular flexibility index (Phi) is 7.28. The van der Waals surface area contributed by atoms with Gasteiger partial charge >= 0.3 is 5.97 Å². The van der Waals surface area contributed by atoms with E-state index in [0.29, 0.717) is 36.7 Å². The fourth-order valence-electron chi connectivity index (χ4n) is 3.85. The maximum Gasteiger partial charge on any atom is 0.342 e. The lowest BCUT2D eigenvalue weighted by atomic mass is 10.0. The molecule has 1 aliphatic heterocycles. The Morgan fingerprint density at radius 2 is 1.81 bits per heavy atom. The van der Waals surface area contributed by atoms with E-state index < -0.39 is 5.97 Å². The number of methoxy groups -OCH3 is 1. The minimum atomic E-state index is -0.632. The molecule has 0 spiro atoms. The van der Waals surface area contributed by atoms with Crippen LogP contribution in [-0.4, -0.2) is 70.3 Å². The molecule has 0 bridgehead atoms.